The summed E-state index contributed by atoms with van der Waals surface area (Å²) in [6, 6.07) is 15.6. The number of hydrogen-bond acceptors (Lipinski definition) is 6. The SMILES string of the molecule is CCN1CCN(C(=O)CN(Cc2ccccc2)C(=O)c2csc(Nc3ccc(F)cc3)n2)CC1. The maximum absolute atomic E-state index is 13.4. The predicted octanol–water partition coefficient (Wildman–Crippen LogP) is 3.83. The fraction of sp³-hybridized carbons (Fsp3) is 0.320. The molecule has 1 saturated heterocycles. The van der Waals surface area contributed by atoms with Gasteiger partial charge in [-0.15, -0.1) is 11.3 Å². The van der Waals surface area contributed by atoms with Gasteiger partial charge in [0.1, 0.15) is 18.1 Å². The van der Waals surface area contributed by atoms with Crippen LogP contribution in [0.3, 0.4) is 0 Å². The molecule has 2 amide bonds. The summed E-state index contributed by atoms with van der Waals surface area (Å²) in [5.74, 6) is -0.675. The van der Waals surface area contributed by atoms with Crippen molar-refractivity contribution in [3.05, 3.63) is 77.1 Å². The summed E-state index contributed by atoms with van der Waals surface area (Å²) in [7, 11) is 0. The number of likely N-dealkylation sites (N-methyl/N-ethyl adjacent to an activating group) is 1. The molecule has 9 heteroatoms. The van der Waals surface area contributed by atoms with Crippen LogP contribution in [-0.2, 0) is 11.3 Å². The van der Waals surface area contributed by atoms with Crippen LogP contribution in [0.2, 0.25) is 0 Å². The van der Waals surface area contributed by atoms with Crippen molar-refractivity contribution in [2.24, 2.45) is 0 Å². The van der Waals surface area contributed by atoms with Crippen LogP contribution in [-0.4, -0.2) is 70.8 Å². The van der Waals surface area contributed by atoms with Crippen molar-refractivity contribution >= 4 is 34.0 Å². The lowest BCUT2D eigenvalue weighted by molar-refractivity contribution is -0.133. The summed E-state index contributed by atoms with van der Waals surface area (Å²) in [6.07, 6.45) is 0. The summed E-state index contributed by atoms with van der Waals surface area (Å²) in [5.41, 5.74) is 1.89. The van der Waals surface area contributed by atoms with Gasteiger partial charge in [-0.3, -0.25) is 9.59 Å². The quantitative estimate of drug-likeness (QED) is 0.530. The second kappa shape index (κ2) is 11.2. The van der Waals surface area contributed by atoms with Crippen LogP contribution in [0.1, 0.15) is 23.0 Å². The molecule has 1 aliphatic heterocycles. The number of amides is 2. The maximum Gasteiger partial charge on any atom is 0.274 e. The molecule has 0 saturated carbocycles. The zero-order valence-electron chi connectivity index (χ0n) is 19.1. The van der Waals surface area contributed by atoms with E-state index >= 15 is 0 Å². The van der Waals surface area contributed by atoms with Crippen LogP contribution in [0.4, 0.5) is 15.2 Å². The minimum Gasteiger partial charge on any atom is -0.339 e. The van der Waals surface area contributed by atoms with Crippen molar-refractivity contribution in [2.75, 3.05) is 44.6 Å². The number of aromatic nitrogens is 1. The third kappa shape index (κ3) is 6.18. The number of benzene rings is 2. The standard InChI is InChI=1S/C25H28FN5O2S/c1-2-29-12-14-30(15-13-29)23(32)17-31(16-19-6-4-3-5-7-19)24(33)22-18-34-25(28-22)27-21-10-8-20(26)9-11-21/h3-11,18H,2,12-17H2,1H3,(H,27,28). The normalized spacial score (nSPS) is 14.1. The Morgan fingerprint density at radius 1 is 1.06 bits per heavy atom. The van der Waals surface area contributed by atoms with Gasteiger partial charge in [-0.2, -0.15) is 0 Å². The molecule has 1 N–H and O–H groups in total. The van der Waals surface area contributed by atoms with Crippen molar-refractivity contribution in [1.82, 2.24) is 19.7 Å². The second-order valence-electron chi connectivity index (χ2n) is 8.13. The van der Waals surface area contributed by atoms with E-state index in [9.17, 15) is 14.0 Å². The van der Waals surface area contributed by atoms with Crippen LogP contribution in [0.5, 0.6) is 0 Å². The number of carbonyl (C=O) groups is 2. The molecule has 2 heterocycles. The number of rotatable bonds is 8. The molecule has 34 heavy (non-hydrogen) atoms. The Kier molecular flexibility index (Phi) is 7.87. The first-order chi connectivity index (χ1) is 16.5. The van der Waals surface area contributed by atoms with Crippen molar-refractivity contribution in [3.63, 3.8) is 0 Å². The van der Waals surface area contributed by atoms with Crippen LogP contribution >= 0.6 is 11.3 Å². The highest BCUT2D eigenvalue weighted by Gasteiger charge is 2.26. The van der Waals surface area contributed by atoms with Crippen LogP contribution in [0.15, 0.2) is 60.0 Å². The van der Waals surface area contributed by atoms with Crippen molar-refractivity contribution < 1.29 is 14.0 Å². The summed E-state index contributed by atoms with van der Waals surface area (Å²) >= 11 is 1.29. The van der Waals surface area contributed by atoms with Gasteiger partial charge in [0, 0.05) is 43.8 Å². The number of carbonyl (C=O) groups excluding carboxylic acids is 2. The minimum absolute atomic E-state index is 0.00188. The predicted molar refractivity (Wildman–Crippen MR) is 132 cm³/mol. The first-order valence-electron chi connectivity index (χ1n) is 11.3. The number of anilines is 2. The van der Waals surface area contributed by atoms with Crippen LogP contribution < -0.4 is 5.32 Å². The highest BCUT2D eigenvalue weighted by Crippen LogP contribution is 2.22. The van der Waals surface area contributed by atoms with E-state index in [1.165, 1.54) is 23.5 Å². The molecular formula is C25H28FN5O2S. The molecule has 4 rings (SSSR count). The molecule has 1 aromatic heterocycles. The summed E-state index contributed by atoms with van der Waals surface area (Å²) < 4.78 is 13.2. The van der Waals surface area contributed by atoms with Gasteiger partial charge >= 0.3 is 0 Å². The van der Waals surface area contributed by atoms with E-state index in [2.05, 4.69) is 22.1 Å². The molecule has 1 fully saturated rings. The van der Waals surface area contributed by atoms with E-state index < -0.39 is 0 Å². The molecule has 3 aromatic rings. The lowest BCUT2D eigenvalue weighted by Crippen LogP contribution is -2.51. The first kappa shape index (κ1) is 23.8. The molecular weight excluding hydrogens is 453 g/mol. The van der Waals surface area contributed by atoms with Gasteiger partial charge in [-0.1, -0.05) is 37.3 Å². The third-order valence-electron chi connectivity index (χ3n) is 5.82. The molecule has 0 aliphatic carbocycles. The Morgan fingerprint density at radius 3 is 2.44 bits per heavy atom. The zero-order chi connectivity index (χ0) is 23.9. The lowest BCUT2D eigenvalue weighted by atomic mass is 10.2. The minimum atomic E-state index is -0.321. The smallest absolute Gasteiger partial charge is 0.274 e. The average molecular weight is 482 g/mol. The Balaban J connectivity index is 1.47. The molecule has 0 spiro atoms. The van der Waals surface area contributed by atoms with E-state index in [-0.39, 0.29) is 29.9 Å². The van der Waals surface area contributed by atoms with Gasteiger partial charge in [-0.25, -0.2) is 9.37 Å². The third-order valence-corrected chi connectivity index (χ3v) is 6.58. The molecule has 1 aliphatic rings. The Hall–Kier alpha value is -3.30. The van der Waals surface area contributed by atoms with Gasteiger partial charge in [-0.05, 0) is 36.4 Å². The van der Waals surface area contributed by atoms with E-state index in [0.717, 1.165) is 25.2 Å². The summed E-state index contributed by atoms with van der Waals surface area (Å²) in [4.78, 5) is 36.6. The van der Waals surface area contributed by atoms with Crippen LogP contribution in [0.25, 0.3) is 0 Å². The topological polar surface area (TPSA) is 68.8 Å². The Bertz CT molecular complexity index is 1100. The van der Waals surface area contributed by atoms with Gasteiger partial charge in [0.25, 0.3) is 5.91 Å². The van der Waals surface area contributed by atoms with Gasteiger partial charge < -0.3 is 20.0 Å². The number of hydrogen-bond donors (Lipinski definition) is 1. The zero-order valence-corrected chi connectivity index (χ0v) is 19.9. The van der Waals surface area contributed by atoms with Crippen molar-refractivity contribution in [2.45, 2.75) is 13.5 Å². The molecule has 0 atom stereocenters. The van der Waals surface area contributed by atoms with E-state index in [4.69, 9.17) is 0 Å². The van der Waals surface area contributed by atoms with E-state index in [1.807, 2.05) is 35.2 Å². The molecule has 0 bridgehead atoms. The van der Waals surface area contributed by atoms with Gasteiger partial charge in [0.15, 0.2) is 5.13 Å². The van der Waals surface area contributed by atoms with E-state index in [0.29, 0.717) is 30.5 Å². The van der Waals surface area contributed by atoms with Gasteiger partial charge in [0.05, 0.1) is 0 Å². The average Bonchev–Trinajstić information content (AvgIpc) is 3.33. The molecule has 7 nitrogen and oxygen atoms in total. The highest BCUT2D eigenvalue weighted by atomic mass is 32.1. The molecule has 0 radical (unpaired) electrons. The monoisotopic (exact) mass is 481 g/mol. The maximum atomic E-state index is 13.4. The van der Waals surface area contributed by atoms with Crippen molar-refractivity contribution in [1.29, 1.82) is 0 Å². The molecule has 0 unspecified atom stereocenters. The Morgan fingerprint density at radius 2 is 1.76 bits per heavy atom. The fourth-order valence-corrected chi connectivity index (χ4v) is 4.53. The number of piperazine rings is 1. The van der Waals surface area contributed by atoms with E-state index in [1.54, 1.807) is 22.4 Å². The molecule has 2 aromatic carbocycles. The fourth-order valence-electron chi connectivity index (χ4n) is 3.83. The largest absolute Gasteiger partial charge is 0.339 e. The highest BCUT2D eigenvalue weighted by molar-refractivity contribution is 7.14. The first-order valence-corrected chi connectivity index (χ1v) is 12.2. The van der Waals surface area contributed by atoms with Crippen molar-refractivity contribution in [3.8, 4) is 0 Å². The lowest BCUT2D eigenvalue weighted by Gasteiger charge is -2.35. The van der Waals surface area contributed by atoms with Gasteiger partial charge in [0.2, 0.25) is 5.91 Å². The number of thiazole rings is 1. The number of halogens is 1. The second-order valence-corrected chi connectivity index (χ2v) is 8.99. The van der Waals surface area contributed by atoms with Crippen LogP contribution in [0, 0.1) is 5.82 Å². The number of nitrogens with one attached hydrogen (secondary N) is 1. The summed E-state index contributed by atoms with van der Waals surface area (Å²) in [5, 5.41) is 5.29. The Labute approximate surface area is 202 Å². The number of nitrogens with zero attached hydrogens (tertiary/aromatic N) is 4. The molecule has 178 valence electrons. The summed E-state index contributed by atoms with van der Waals surface area (Å²) in [6.45, 7) is 6.43.